The van der Waals surface area contributed by atoms with Gasteiger partial charge in [-0.2, -0.15) is 0 Å². The van der Waals surface area contributed by atoms with Crippen LogP contribution < -0.4 is 16.0 Å². The van der Waals surface area contributed by atoms with Crippen molar-refractivity contribution in [1.82, 2.24) is 16.0 Å². The van der Waals surface area contributed by atoms with Crippen LogP contribution in [-0.2, 0) is 0 Å². The Balaban J connectivity index is 1.68. The zero-order valence-corrected chi connectivity index (χ0v) is 15.3. The molecule has 120 valence electrons. The highest BCUT2D eigenvalue weighted by atomic mass is 32.1. The minimum atomic E-state index is 0.357. The molecule has 7 rings (SSSR count). The lowest BCUT2D eigenvalue weighted by molar-refractivity contribution is 0.566. The number of hydrogen-bond donors (Lipinski definition) is 3. The van der Waals surface area contributed by atoms with Crippen LogP contribution in [0.15, 0.2) is 0 Å². The number of thiocarbonyl (C=S) groups is 3. The normalized spacial score (nSPS) is 41.2. The molecule has 0 spiro atoms. The minimum Gasteiger partial charge on any atom is -0.372 e. The zero-order valence-electron chi connectivity index (χ0n) is 12.8. The molecule has 6 aliphatic rings. The molecule has 0 saturated carbocycles. The average molecular weight is 370 g/mol. The molecule has 0 unspecified atom stereocenters. The predicted molar refractivity (Wildman–Crippen MR) is 104 cm³/mol. The molecule has 3 nitrogen and oxygen atoms in total. The van der Waals surface area contributed by atoms with Crippen LogP contribution in [0.25, 0.3) is 0 Å². The molecular formula is C18H15N3S3. The van der Waals surface area contributed by atoms with Gasteiger partial charge in [-0.3, -0.25) is 0 Å². The monoisotopic (exact) mass is 369 g/mol. The van der Waals surface area contributed by atoms with Crippen LogP contribution in [-0.4, -0.2) is 15.0 Å². The van der Waals surface area contributed by atoms with Crippen LogP contribution in [0.1, 0.15) is 88.5 Å². The summed E-state index contributed by atoms with van der Waals surface area (Å²) < 4.78 is 0. The van der Waals surface area contributed by atoms with E-state index in [1.807, 2.05) is 0 Å². The van der Waals surface area contributed by atoms with Gasteiger partial charge in [0.25, 0.3) is 0 Å². The van der Waals surface area contributed by atoms with Gasteiger partial charge in [-0.1, -0.05) is 36.7 Å². The highest BCUT2D eigenvalue weighted by molar-refractivity contribution is 7.80. The van der Waals surface area contributed by atoms with Crippen molar-refractivity contribution in [3.8, 4) is 0 Å². The Morgan fingerprint density at radius 2 is 0.792 bits per heavy atom. The van der Waals surface area contributed by atoms with Crippen LogP contribution >= 0.6 is 36.7 Å². The first-order valence-electron chi connectivity index (χ1n) is 8.78. The predicted octanol–water partition coefficient (Wildman–Crippen LogP) is 3.06. The Morgan fingerprint density at radius 1 is 0.500 bits per heavy atom. The third-order valence-corrected chi connectivity index (χ3v) is 8.35. The highest BCUT2D eigenvalue weighted by Gasteiger charge is 2.56. The van der Waals surface area contributed by atoms with Gasteiger partial charge in [0.15, 0.2) is 0 Å². The zero-order chi connectivity index (χ0) is 15.9. The molecule has 6 atom stereocenters. The van der Waals surface area contributed by atoms with E-state index >= 15 is 0 Å². The van der Waals surface area contributed by atoms with Crippen molar-refractivity contribution in [2.45, 2.75) is 55.1 Å². The van der Waals surface area contributed by atoms with Crippen molar-refractivity contribution in [1.29, 1.82) is 0 Å². The Hall–Kier alpha value is -1.11. The largest absolute Gasteiger partial charge is 0.372 e. The molecule has 1 aromatic rings. The maximum atomic E-state index is 5.77. The fourth-order valence-electron chi connectivity index (χ4n) is 6.46. The molecule has 3 aliphatic carbocycles. The van der Waals surface area contributed by atoms with Crippen molar-refractivity contribution < 1.29 is 0 Å². The second-order valence-electron chi connectivity index (χ2n) is 8.03. The molecule has 0 bridgehead atoms. The van der Waals surface area contributed by atoms with Gasteiger partial charge in [-0.25, -0.2) is 0 Å². The van der Waals surface area contributed by atoms with Crippen LogP contribution in [0.4, 0.5) is 0 Å². The molecule has 0 radical (unpaired) electrons. The van der Waals surface area contributed by atoms with E-state index in [1.165, 1.54) is 0 Å². The van der Waals surface area contributed by atoms with Gasteiger partial charge >= 0.3 is 0 Å². The molecule has 0 saturated heterocycles. The third-order valence-electron chi connectivity index (χ3n) is 7.14. The van der Waals surface area contributed by atoms with Crippen LogP contribution in [0.2, 0.25) is 0 Å². The maximum absolute atomic E-state index is 5.77. The van der Waals surface area contributed by atoms with Gasteiger partial charge in [-0.05, 0) is 52.6 Å². The van der Waals surface area contributed by atoms with E-state index in [-0.39, 0.29) is 0 Å². The quantitative estimate of drug-likeness (QED) is 0.610. The molecule has 6 heteroatoms. The van der Waals surface area contributed by atoms with Crippen molar-refractivity contribution in [2.75, 3.05) is 0 Å². The molecule has 0 amide bonds. The van der Waals surface area contributed by atoms with E-state index in [2.05, 4.69) is 16.0 Å². The first kappa shape index (κ1) is 13.1. The summed E-state index contributed by atoms with van der Waals surface area (Å²) in [5.41, 5.74) is 9.32. The van der Waals surface area contributed by atoms with Gasteiger partial charge in [0.1, 0.15) is 0 Å². The van der Waals surface area contributed by atoms with Crippen LogP contribution in [0, 0.1) is 0 Å². The first-order valence-corrected chi connectivity index (χ1v) is 10.0. The average Bonchev–Trinajstić information content (AvgIpc) is 3.18. The van der Waals surface area contributed by atoms with E-state index < -0.39 is 0 Å². The summed E-state index contributed by atoms with van der Waals surface area (Å²) in [5.74, 6) is 1.09. The topological polar surface area (TPSA) is 36.1 Å². The molecule has 3 aliphatic heterocycles. The summed E-state index contributed by atoms with van der Waals surface area (Å²) in [6, 6.07) is 1.07. The Morgan fingerprint density at radius 3 is 1.08 bits per heavy atom. The minimum absolute atomic E-state index is 0.357. The Labute approximate surface area is 156 Å². The lowest BCUT2D eigenvalue weighted by atomic mass is 9.79. The molecule has 3 heterocycles. The standard InChI is InChI=1S/C18H15N3S3/c22-16-4-1-7-13-10(4)14-8(20-16)3-6-12(14)15-9(21-18(6)24)2-5(11(13)15)17(23)19-7/h4-9H,1-3H2,(H,19,23)(H,20,22)(H,21,24)/t4-,5-,6-,7+,8+,9+/m1/s1. The number of benzene rings is 1. The lowest BCUT2D eigenvalue weighted by Gasteiger charge is -2.34. The Bertz CT molecular complexity index is 796. The summed E-state index contributed by atoms with van der Waals surface area (Å²) in [7, 11) is 0. The fraction of sp³-hybridized carbons (Fsp3) is 0.500. The van der Waals surface area contributed by atoms with Crippen molar-refractivity contribution in [3.05, 3.63) is 33.4 Å². The van der Waals surface area contributed by atoms with Gasteiger partial charge in [0.05, 0.1) is 33.1 Å². The second kappa shape index (κ2) is 3.84. The molecule has 24 heavy (non-hydrogen) atoms. The molecule has 1 aromatic carbocycles. The van der Waals surface area contributed by atoms with E-state index in [4.69, 9.17) is 36.7 Å². The summed E-state index contributed by atoms with van der Waals surface area (Å²) in [6.07, 6.45) is 3.16. The van der Waals surface area contributed by atoms with Gasteiger partial charge in [0, 0.05) is 17.8 Å². The van der Waals surface area contributed by atoms with Crippen molar-refractivity contribution >= 4 is 51.6 Å². The maximum Gasteiger partial charge on any atom is 0.0835 e. The van der Waals surface area contributed by atoms with Gasteiger partial charge < -0.3 is 16.0 Å². The van der Waals surface area contributed by atoms with Gasteiger partial charge in [0.2, 0.25) is 0 Å². The number of hydrogen-bond acceptors (Lipinski definition) is 3. The molecule has 0 fully saturated rings. The molecule has 3 N–H and O–H groups in total. The SMILES string of the molecule is S=C1N[C@H]2C[C@H]3C(=S)N[C@H]4C[C@H]5C(=S)N[C@H]6C[C@@H]1c1c6c5c4c3c12. The summed E-state index contributed by atoms with van der Waals surface area (Å²) >= 11 is 17.3. The smallest absolute Gasteiger partial charge is 0.0835 e. The first-order chi connectivity index (χ1) is 11.6. The molecular weight excluding hydrogens is 354 g/mol. The van der Waals surface area contributed by atoms with E-state index in [0.717, 1.165) is 34.2 Å². The van der Waals surface area contributed by atoms with E-state index in [9.17, 15) is 0 Å². The molecule has 0 aromatic heterocycles. The van der Waals surface area contributed by atoms with E-state index in [1.54, 1.807) is 33.4 Å². The summed E-state index contributed by atoms with van der Waals surface area (Å²) in [6.45, 7) is 0. The fourth-order valence-corrected chi connectivity index (χ4v) is 7.53. The van der Waals surface area contributed by atoms with Crippen LogP contribution in [0.5, 0.6) is 0 Å². The Kier molecular flexibility index (Phi) is 2.10. The van der Waals surface area contributed by atoms with Crippen molar-refractivity contribution in [2.24, 2.45) is 0 Å². The van der Waals surface area contributed by atoms with Crippen molar-refractivity contribution in [3.63, 3.8) is 0 Å². The van der Waals surface area contributed by atoms with Crippen LogP contribution in [0.3, 0.4) is 0 Å². The lowest BCUT2D eigenvalue weighted by Crippen LogP contribution is -2.35. The van der Waals surface area contributed by atoms with Gasteiger partial charge in [-0.15, -0.1) is 0 Å². The second-order valence-corrected chi connectivity index (χ2v) is 9.35. The van der Waals surface area contributed by atoms with E-state index in [0.29, 0.717) is 35.9 Å². The highest BCUT2D eigenvalue weighted by Crippen LogP contribution is 2.63. The summed E-state index contributed by atoms with van der Waals surface area (Å²) in [4.78, 5) is 3.09. The summed E-state index contributed by atoms with van der Waals surface area (Å²) in [5, 5.41) is 11.0. The number of rotatable bonds is 0. The number of nitrogens with one attached hydrogen (secondary N) is 3. The third kappa shape index (κ3) is 1.20.